The van der Waals surface area contributed by atoms with Crippen molar-refractivity contribution in [3.8, 4) is 0 Å². The van der Waals surface area contributed by atoms with Crippen molar-refractivity contribution in [2.45, 2.75) is 39.0 Å². The highest BCUT2D eigenvalue weighted by molar-refractivity contribution is 5.05. The van der Waals surface area contributed by atoms with E-state index in [1.165, 1.54) is 18.8 Å². The van der Waals surface area contributed by atoms with Gasteiger partial charge in [-0.3, -0.25) is 0 Å². The van der Waals surface area contributed by atoms with Gasteiger partial charge in [-0.05, 0) is 30.6 Å². The lowest BCUT2D eigenvalue weighted by atomic mass is 10.0. The summed E-state index contributed by atoms with van der Waals surface area (Å²) in [4.78, 5) is 0. The van der Waals surface area contributed by atoms with E-state index >= 15 is 0 Å². The fourth-order valence-electron chi connectivity index (χ4n) is 2.46. The van der Waals surface area contributed by atoms with E-state index in [4.69, 9.17) is 0 Å². The first kappa shape index (κ1) is 4.84. The Hall–Kier alpha value is 0. The summed E-state index contributed by atoms with van der Waals surface area (Å²) in [6.45, 7) is 2.35. The first-order valence-electron chi connectivity index (χ1n) is 3.87. The van der Waals surface area contributed by atoms with E-state index in [0.717, 1.165) is 5.41 Å². The highest BCUT2D eigenvalue weighted by Crippen LogP contribution is 2.65. The van der Waals surface area contributed by atoms with Crippen molar-refractivity contribution >= 4 is 0 Å². The van der Waals surface area contributed by atoms with Gasteiger partial charge in [0.1, 0.15) is 0 Å². The highest BCUT2D eigenvalue weighted by Gasteiger charge is 2.54. The third-order valence-corrected chi connectivity index (χ3v) is 3.29. The van der Waals surface area contributed by atoms with Gasteiger partial charge in [0, 0.05) is 0 Å². The summed E-state index contributed by atoms with van der Waals surface area (Å²) >= 11 is 0. The Morgan fingerprint density at radius 1 is 1.62 bits per heavy atom. The van der Waals surface area contributed by atoms with Crippen molar-refractivity contribution in [1.29, 1.82) is 0 Å². The molecule has 0 aliphatic heterocycles. The molecule has 0 heteroatoms. The Bertz CT molecular complexity index is 103. The van der Waals surface area contributed by atoms with E-state index < -0.39 is 0 Å². The summed E-state index contributed by atoms with van der Waals surface area (Å²) in [7, 11) is 0. The highest BCUT2D eigenvalue weighted by atomic mass is 14.6. The molecule has 2 atom stereocenters. The third kappa shape index (κ3) is 0.416. The fourth-order valence-corrected chi connectivity index (χ4v) is 2.46. The molecule has 0 nitrogen and oxygen atoms in total. The maximum absolute atomic E-state index is 2.35. The molecule has 0 aromatic heterocycles. The van der Waals surface area contributed by atoms with Gasteiger partial charge in [-0.15, -0.1) is 0 Å². The molecule has 0 aromatic rings. The van der Waals surface area contributed by atoms with Gasteiger partial charge in [-0.2, -0.15) is 0 Å². The van der Waals surface area contributed by atoms with Crippen LogP contribution in [-0.4, -0.2) is 0 Å². The molecule has 2 fully saturated rings. The lowest BCUT2D eigenvalue weighted by molar-refractivity contribution is 0.470. The van der Waals surface area contributed by atoms with Crippen LogP contribution in [0.2, 0.25) is 0 Å². The third-order valence-electron chi connectivity index (χ3n) is 3.29. The fraction of sp³-hybridized carbons (Fsp3) is 1.00. The summed E-state index contributed by atoms with van der Waals surface area (Å²) < 4.78 is 0. The molecule has 0 radical (unpaired) electrons. The van der Waals surface area contributed by atoms with Crippen LogP contribution in [0.3, 0.4) is 0 Å². The molecule has 0 bridgehead atoms. The van der Waals surface area contributed by atoms with Gasteiger partial charge < -0.3 is 0 Å². The zero-order chi connectivity index (χ0) is 5.61. The summed E-state index contributed by atoms with van der Waals surface area (Å²) in [5.74, 6) is 1.17. The second-order valence-electron chi connectivity index (χ2n) is 3.51. The first-order valence-corrected chi connectivity index (χ1v) is 3.87. The lowest BCUT2D eigenvalue weighted by Gasteiger charge is -2.04. The van der Waals surface area contributed by atoms with Crippen LogP contribution in [0.4, 0.5) is 0 Å². The molecule has 2 saturated carbocycles. The quantitative estimate of drug-likeness (QED) is 0.486. The molecule has 2 rings (SSSR count). The summed E-state index contributed by atoms with van der Waals surface area (Å²) in [6.07, 6.45) is 7.65. The largest absolute Gasteiger partial charge is 0.0648 e. The average molecular weight is 110 g/mol. The van der Waals surface area contributed by atoms with Crippen molar-refractivity contribution in [2.75, 3.05) is 0 Å². The van der Waals surface area contributed by atoms with E-state index in [2.05, 4.69) is 6.92 Å². The minimum absolute atomic E-state index is 0.903. The maximum Gasteiger partial charge on any atom is -0.0269 e. The summed E-state index contributed by atoms with van der Waals surface area (Å²) in [5, 5.41) is 0. The van der Waals surface area contributed by atoms with Gasteiger partial charge in [0.05, 0.1) is 0 Å². The second kappa shape index (κ2) is 1.29. The predicted molar refractivity (Wildman–Crippen MR) is 34.7 cm³/mol. The molecule has 2 aliphatic rings. The Morgan fingerprint density at radius 3 is 2.75 bits per heavy atom. The Morgan fingerprint density at radius 2 is 2.50 bits per heavy atom. The first-order chi connectivity index (χ1) is 3.87. The maximum atomic E-state index is 2.35. The predicted octanol–water partition coefficient (Wildman–Crippen LogP) is 2.59. The molecule has 0 heterocycles. The van der Waals surface area contributed by atoms with E-state index in [-0.39, 0.29) is 0 Å². The van der Waals surface area contributed by atoms with Crippen molar-refractivity contribution < 1.29 is 0 Å². The lowest BCUT2D eigenvalue weighted by Crippen LogP contribution is -1.93. The number of hydrogen-bond donors (Lipinski definition) is 0. The Labute approximate surface area is 51.3 Å². The van der Waals surface area contributed by atoms with Crippen molar-refractivity contribution in [3.05, 3.63) is 0 Å². The van der Waals surface area contributed by atoms with Gasteiger partial charge in [-0.25, -0.2) is 0 Å². The van der Waals surface area contributed by atoms with Gasteiger partial charge in [0.25, 0.3) is 0 Å². The van der Waals surface area contributed by atoms with E-state index in [9.17, 15) is 0 Å². The smallest absolute Gasteiger partial charge is 0.0269 e. The van der Waals surface area contributed by atoms with Gasteiger partial charge >= 0.3 is 0 Å². The molecule has 0 saturated heterocycles. The van der Waals surface area contributed by atoms with Crippen molar-refractivity contribution in [3.63, 3.8) is 0 Å². The average Bonchev–Trinajstić information content (AvgIpc) is 2.38. The van der Waals surface area contributed by atoms with Crippen LogP contribution in [-0.2, 0) is 0 Å². The molecule has 46 valence electrons. The molecule has 0 unspecified atom stereocenters. The monoisotopic (exact) mass is 110 g/mol. The summed E-state index contributed by atoms with van der Waals surface area (Å²) in [5.41, 5.74) is 0.903. The molecular weight excluding hydrogens is 96.1 g/mol. The Kier molecular flexibility index (Phi) is 0.778. The molecular formula is C8H14. The Balaban J connectivity index is 2.08. The van der Waals surface area contributed by atoms with E-state index in [1.807, 2.05) is 0 Å². The van der Waals surface area contributed by atoms with Crippen LogP contribution in [0.5, 0.6) is 0 Å². The molecule has 0 aromatic carbocycles. The van der Waals surface area contributed by atoms with E-state index in [1.54, 1.807) is 19.3 Å². The summed E-state index contributed by atoms with van der Waals surface area (Å²) in [6, 6.07) is 0. The van der Waals surface area contributed by atoms with Gasteiger partial charge in [0.15, 0.2) is 0 Å². The van der Waals surface area contributed by atoms with E-state index in [0.29, 0.717) is 0 Å². The molecule has 2 aliphatic carbocycles. The number of rotatable bonds is 1. The zero-order valence-corrected chi connectivity index (χ0v) is 5.61. The van der Waals surface area contributed by atoms with Crippen molar-refractivity contribution in [1.82, 2.24) is 0 Å². The molecule has 0 N–H and O–H groups in total. The normalized spacial score (nSPS) is 51.4. The standard InChI is InChI=1S/C8H14/c1-2-8-5-3-4-7(8)6-8/h7H,2-6H2,1H3/t7-,8-/m0/s1. The van der Waals surface area contributed by atoms with Crippen LogP contribution < -0.4 is 0 Å². The van der Waals surface area contributed by atoms with Crippen LogP contribution in [0.1, 0.15) is 39.0 Å². The van der Waals surface area contributed by atoms with Crippen LogP contribution >= 0.6 is 0 Å². The molecule has 0 amide bonds. The van der Waals surface area contributed by atoms with Crippen LogP contribution in [0, 0.1) is 11.3 Å². The van der Waals surface area contributed by atoms with Crippen LogP contribution in [0.15, 0.2) is 0 Å². The second-order valence-corrected chi connectivity index (χ2v) is 3.51. The number of hydrogen-bond acceptors (Lipinski definition) is 0. The van der Waals surface area contributed by atoms with Gasteiger partial charge in [0.2, 0.25) is 0 Å². The minimum atomic E-state index is 0.903. The number of fused-ring (bicyclic) bond motifs is 1. The van der Waals surface area contributed by atoms with Crippen LogP contribution in [0.25, 0.3) is 0 Å². The molecule has 8 heavy (non-hydrogen) atoms. The SMILES string of the molecule is CC[C@@]12CCC[C@H]1C2. The zero-order valence-electron chi connectivity index (χ0n) is 5.61. The molecule has 0 spiro atoms. The topological polar surface area (TPSA) is 0 Å². The van der Waals surface area contributed by atoms with Gasteiger partial charge in [-0.1, -0.05) is 19.8 Å². The minimum Gasteiger partial charge on any atom is -0.0648 e. The van der Waals surface area contributed by atoms with Crippen molar-refractivity contribution in [2.24, 2.45) is 11.3 Å².